The number of ether oxygens (including phenoxy) is 2. The second-order valence-corrected chi connectivity index (χ2v) is 10.4. The first-order valence-electron chi connectivity index (χ1n) is 12.4. The summed E-state index contributed by atoms with van der Waals surface area (Å²) in [5.74, 6) is 0.569. The zero-order valence-corrected chi connectivity index (χ0v) is 24.2. The Balaban J connectivity index is 1.52. The maximum Gasteiger partial charge on any atom is 0.333 e. The zero-order chi connectivity index (χ0) is 28.4. The first-order chi connectivity index (χ1) is 19.3. The molecule has 0 radical (unpaired) electrons. The van der Waals surface area contributed by atoms with Crippen LogP contribution in [0.4, 0.5) is 0 Å². The van der Waals surface area contributed by atoms with Gasteiger partial charge in [-0.3, -0.25) is 18.7 Å². The van der Waals surface area contributed by atoms with E-state index >= 15 is 0 Å². The van der Waals surface area contributed by atoms with Crippen molar-refractivity contribution in [3.8, 4) is 17.2 Å². The third-order valence-corrected chi connectivity index (χ3v) is 8.00. The van der Waals surface area contributed by atoms with E-state index in [2.05, 4.69) is 21.2 Å². The number of imidazole rings is 1. The number of amides is 2. The highest BCUT2D eigenvalue weighted by atomic mass is 79.9. The minimum Gasteiger partial charge on any atom is -0.497 e. The van der Waals surface area contributed by atoms with Gasteiger partial charge in [0, 0.05) is 35.7 Å². The van der Waals surface area contributed by atoms with Crippen molar-refractivity contribution in [1.82, 2.24) is 19.4 Å². The number of rotatable bonds is 7. The molecule has 0 saturated carbocycles. The van der Waals surface area contributed by atoms with E-state index < -0.39 is 5.91 Å². The van der Waals surface area contributed by atoms with Gasteiger partial charge in [0.25, 0.3) is 11.8 Å². The van der Waals surface area contributed by atoms with Crippen LogP contribution in [0.2, 0.25) is 5.02 Å². The fraction of sp³-hybridized carbons (Fsp3) is 0.207. The summed E-state index contributed by atoms with van der Waals surface area (Å²) in [5.41, 5.74) is 2.01. The van der Waals surface area contributed by atoms with E-state index in [-0.39, 0.29) is 36.9 Å². The van der Waals surface area contributed by atoms with Gasteiger partial charge in [0.15, 0.2) is 0 Å². The van der Waals surface area contributed by atoms with Crippen molar-refractivity contribution in [1.29, 1.82) is 0 Å². The van der Waals surface area contributed by atoms with Crippen molar-refractivity contribution >= 4 is 39.3 Å². The summed E-state index contributed by atoms with van der Waals surface area (Å²) in [4.78, 5) is 42.4. The van der Waals surface area contributed by atoms with Crippen LogP contribution in [0.1, 0.15) is 32.1 Å². The molecule has 11 heteroatoms. The molecular formula is C29H26BrClN4O5. The number of aromatic nitrogens is 2. The molecule has 0 unspecified atom stereocenters. The summed E-state index contributed by atoms with van der Waals surface area (Å²) < 4.78 is 14.2. The van der Waals surface area contributed by atoms with E-state index in [0.717, 1.165) is 5.56 Å². The Morgan fingerprint density at radius 3 is 2.42 bits per heavy atom. The number of halogens is 2. The number of nitrogens with one attached hydrogen (secondary N) is 1. The van der Waals surface area contributed by atoms with Crippen LogP contribution in [-0.2, 0) is 19.6 Å². The molecule has 1 aliphatic heterocycles. The molecule has 5 rings (SSSR count). The third-order valence-electron chi connectivity index (χ3n) is 6.77. The molecule has 2 heterocycles. The average molecular weight is 626 g/mol. The quantitative estimate of drug-likeness (QED) is 0.323. The highest BCUT2D eigenvalue weighted by Crippen LogP contribution is 2.26. The van der Waals surface area contributed by atoms with Gasteiger partial charge in [0.2, 0.25) is 0 Å². The SMILES string of the molecule is COc1ccc(CNC(=O)c2c3n(c(=O)n2-c2cccc(OC)c2)CCN(C(=O)c2ccc(Br)c(Cl)c2)C3)cc1. The van der Waals surface area contributed by atoms with Crippen LogP contribution in [0.15, 0.2) is 76.0 Å². The molecule has 2 amide bonds. The Bertz CT molecular complexity index is 1650. The topological polar surface area (TPSA) is 94.8 Å². The molecule has 0 aliphatic carbocycles. The van der Waals surface area contributed by atoms with Gasteiger partial charge in [-0.1, -0.05) is 29.8 Å². The molecule has 1 aliphatic rings. The summed E-state index contributed by atoms with van der Waals surface area (Å²) in [6, 6.07) is 19.3. The highest BCUT2D eigenvalue weighted by molar-refractivity contribution is 9.10. The van der Waals surface area contributed by atoms with E-state index in [4.69, 9.17) is 21.1 Å². The van der Waals surface area contributed by atoms with Gasteiger partial charge in [-0.15, -0.1) is 0 Å². The molecule has 0 fully saturated rings. The standard InChI is InChI=1S/C29H26BrClN4O5/c1-39-21-9-6-18(7-10-21)16-32-27(36)26-25-17-33(28(37)19-8-11-23(30)24(31)14-19)12-13-34(25)29(38)35(26)20-4-3-5-22(15-20)40-2/h3-11,14-15H,12-13,16-17H2,1-2H3,(H,32,36). The summed E-state index contributed by atoms with van der Waals surface area (Å²) in [7, 11) is 3.12. The van der Waals surface area contributed by atoms with Crippen molar-refractivity contribution in [2.45, 2.75) is 19.6 Å². The van der Waals surface area contributed by atoms with Crippen LogP contribution in [0.5, 0.6) is 11.5 Å². The lowest BCUT2D eigenvalue weighted by Gasteiger charge is -2.28. The van der Waals surface area contributed by atoms with Gasteiger partial charge >= 0.3 is 5.69 Å². The molecule has 206 valence electrons. The lowest BCUT2D eigenvalue weighted by molar-refractivity contribution is 0.0706. The summed E-state index contributed by atoms with van der Waals surface area (Å²) >= 11 is 9.57. The number of fused-ring (bicyclic) bond motifs is 1. The predicted molar refractivity (Wildman–Crippen MR) is 155 cm³/mol. The number of carbonyl (C=O) groups is 2. The maximum absolute atomic E-state index is 13.7. The molecule has 0 atom stereocenters. The van der Waals surface area contributed by atoms with E-state index in [0.29, 0.717) is 44.5 Å². The fourth-order valence-corrected chi connectivity index (χ4v) is 5.10. The summed E-state index contributed by atoms with van der Waals surface area (Å²) in [6.45, 7) is 0.845. The summed E-state index contributed by atoms with van der Waals surface area (Å²) in [5, 5.41) is 3.35. The van der Waals surface area contributed by atoms with Gasteiger partial charge in [0.1, 0.15) is 17.2 Å². The monoisotopic (exact) mass is 624 g/mol. The van der Waals surface area contributed by atoms with Crippen LogP contribution in [0.3, 0.4) is 0 Å². The largest absolute Gasteiger partial charge is 0.497 e. The number of carbonyl (C=O) groups excluding carboxylic acids is 2. The van der Waals surface area contributed by atoms with Gasteiger partial charge in [-0.05, 0) is 64.0 Å². The molecule has 0 bridgehead atoms. The van der Waals surface area contributed by atoms with Crippen molar-refractivity contribution < 1.29 is 19.1 Å². The maximum atomic E-state index is 13.7. The molecule has 1 aromatic heterocycles. The van der Waals surface area contributed by atoms with Gasteiger partial charge in [-0.2, -0.15) is 0 Å². The van der Waals surface area contributed by atoms with Crippen LogP contribution in [0.25, 0.3) is 5.69 Å². The van der Waals surface area contributed by atoms with Crippen molar-refractivity contribution in [2.24, 2.45) is 0 Å². The minimum atomic E-state index is -0.439. The Labute approximate surface area is 244 Å². The second kappa shape index (κ2) is 11.6. The Morgan fingerprint density at radius 2 is 1.73 bits per heavy atom. The van der Waals surface area contributed by atoms with Crippen molar-refractivity contribution in [3.05, 3.63) is 109 Å². The van der Waals surface area contributed by atoms with Gasteiger partial charge < -0.3 is 19.7 Å². The van der Waals surface area contributed by atoms with Crippen LogP contribution >= 0.6 is 27.5 Å². The number of hydrogen-bond acceptors (Lipinski definition) is 5. The number of hydrogen-bond donors (Lipinski definition) is 1. The molecule has 4 aromatic rings. The molecule has 1 N–H and O–H groups in total. The lowest BCUT2D eigenvalue weighted by Crippen LogP contribution is -2.41. The lowest BCUT2D eigenvalue weighted by atomic mass is 10.1. The Hall–Kier alpha value is -4.02. The average Bonchev–Trinajstić information content (AvgIpc) is 3.28. The van der Waals surface area contributed by atoms with E-state index in [1.807, 2.05) is 24.3 Å². The first kappa shape index (κ1) is 27.5. The van der Waals surface area contributed by atoms with Gasteiger partial charge in [0.05, 0.1) is 37.2 Å². The first-order valence-corrected chi connectivity index (χ1v) is 13.6. The molecule has 0 saturated heterocycles. The van der Waals surface area contributed by atoms with Crippen molar-refractivity contribution in [2.75, 3.05) is 20.8 Å². The van der Waals surface area contributed by atoms with Gasteiger partial charge in [-0.25, -0.2) is 4.79 Å². The van der Waals surface area contributed by atoms with Crippen LogP contribution in [0, 0.1) is 0 Å². The normalized spacial score (nSPS) is 12.6. The second-order valence-electron chi connectivity index (χ2n) is 9.15. The minimum absolute atomic E-state index is 0.0734. The predicted octanol–water partition coefficient (Wildman–Crippen LogP) is 4.66. The molecule has 9 nitrogen and oxygen atoms in total. The summed E-state index contributed by atoms with van der Waals surface area (Å²) in [6.07, 6.45) is 0. The molecule has 3 aromatic carbocycles. The van der Waals surface area contributed by atoms with E-state index in [1.165, 1.54) is 11.7 Å². The number of methoxy groups -OCH3 is 2. The molecule has 0 spiro atoms. The smallest absolute Gasteiger partial charge is 0.333 e. The van der Waals surface area contributed by atoms with E-state index in [9.17, 15) is 14.4 Å². The Morgan fingerprint density at radius 1 is 0.975 bits per heavy atom. The fourth-order valence-electron chi connectivity index (χ4n) is 4.68. The van der Waals surface area contributed by atoms with E-state index in [1.54, 1.807) is 59.0 Å². The number of benzene rings is 3. The highest BCUT2D eigenvalue weighted by Gasteiger charge is 2.32. The van der Waals surface area contributed by atoms with Crippen molar-refractivity contribution in [3.63, 3.8) is 0 Å². The Kier molecular flexibility index (Phi) is 7.99. The zero-order valence-electron chi connectivity index (χ0n) is 21.8. The van der Waals surface area contributed by atoms with Crippen LogP contribution < -0.4 is 20.5 Å². The molecular weight excluding hydrogens is 600 g/mol. The molecule has 40 heavy (non-hydrogen) atoms. The number of nitrogens with zero attached hydrogens (tertiary/aromatic N) is 3. The third kappa shape index (κ3) is 5.37. The van der Waals surface area contributed by atoms with Crippen LogP contribution in [-0.4, -0.2) is 46.6 Å².